The molecule has 0 fully saturated rings. The van der Waals surface area contributed by atoms with Crippen molar-refractivity contribution in [3.63, 3.8) is 0 Å². The molecule has 0 bridgehead atoms. The Bertz CT molecular complexity index is 466. The maximum absolute atomic E-state index is 13.0. The van der Waals surface area contributed by atoms with Gasteiger partial charge in [-0.2, -0.15) is 4.39 Å². The number of methoxy groups -OCH3 is 1. The van der Waals surface area contributed by atoms with Gasteiger partial charge in [-0.25, -0.2) is 0 Å². The summed E-state index contributed by atoms with van der Waals surface area (Å²) in [5.74, 6) is 0.763. The van der Waals surface area contributed by atoms with Gasteiger partial charge in [-0.3, -0.25) is 0 Å². The SMILES string of the molecule is COc1c(CBr)ccc2sc(F)cc12. The summed E-state index contributed by atoms with van der Waals surface area (Å²) in [6, 6.07) is 5.39. The van der Waals surface area contributed by atoms with Crippen molar-refractivity contribution < 1.29 is 9.13 Å². The average molecular weight is 275 g/mol. The van der Waals surface area contributed by atoms with Crippen molar-refractivity contribution in [1.82, 2.24) is 0 Å². The minimum absolute atomic E-state index is 0.176. The third kappa shape index (κ3) is 1.53. The fraction of sp³-hybridized carbons (Fsp3) is 0.200. The summed E-state index contributed by atoms with van der Waals surface area (Å²) < 4.78 is 19.2. The summed E-state index contributed by atoms with van der Waals surface area (Å²) in [7, 11) is 1.61. The molecule has 0 aliphatic rings. The lowest BCUT2D eigenvalue weighted by Gasteiger charge is -2.06. The lowest BCUT2D eigenvalue weighted by Crippen LogP contribution is -1.88. The zero-order chi connectivity index (χ0) is 10.1. The first-order chi connectivity index (χ1) is 6.76. The van der Waals surface area contributed by atoms with Gasteiger partial charge in [0.25, 0.3) is 0 Å². The van der Waals surface area contributed by atoms with E-state index < -0.39 is 0 Å². The summed E-state index contributed by atoms with van der Waals surface area (Å²) in [5, 5.41) is 1.39. The number of rotatable bonds is 2. The van der Waals surface area contributed by atoms with Crippen LogP contribution in [-0.4, -0.2) is 7.11 Å². The van der Waals surface area contributed by atoms with Gasteiger partial charge >= 0.3 is 0 Å². The summed E-state index contributed by atoms with van der Waals surface area (Å²) in [4.78, 5) is 0. The van der Waals surface area contributed by atoms with Crippen molar-refractivity contribution in [3.8, 4) is 5.75 Å². The number of alkyl halides is 1. The van der Waals surface area contributed by atoms with Gasteiger partial charge in [-0.05, 0) is 12.1 Å². The van der Waals surface area contributed by atoms with Crippen LogP contribution in [-0.2, 0) is 5.33 Å². The molecule has 74 valence electrons. The number of halogens is 2. The van der Waals surface area contributed by atoms with Crippen LogP contribution in [0.25, 0.3) is 10.1 Å². The normalized spacial score (nSPS) is 10.8. The monoisotopic (exact) mass is 274 g/mol. The molecular formula is C10H8BrFOS. The Morgan fingerprint density at radius 3 is 2.93 bits per heavy atom. The largest absolute Gasteiger partial charge is 0.496 e. The molecular weight excluding hydrogens is 267 g/mol. The molecule has 2 aromatic rings. The highest BCUT2D eigenvalue weighted by atomic mass is 79.9. The molecule has 0 aliphatic heterocycles. The summed E-state index contributed by atoms with van der Waals surface area (Å²) in [5.41, 5.74) is 1.04. The zero-order valence-corrected chi connectivity index (χ0v) is 9.91. The third-order valence-corrected chi connectivity index (χ3v) is 3.54. The maximum atomic E-state index is 13.0. The minimum atomic E-state index is -0.176. The van der Waals surface area contributed by atoms with E-state index >= 15 is 0 Å². The fourth-order valence-electron chi connectivity index (χ4n) is 1.45. The molecule has 1 aromatic carbocycles. The smallest absolute Gasteiger partial charge is 0.177 e. The lowest BCUT2D eigenvalue weighted by molar-refractivity contribution is 0.416. The maximum Gasteiger partial charge on any atom is 0.177 e. The quantitative estimate of drug-likeness (QED) is 0.754. The zero-order valence-electron chi connectivity index (χ0n) is 7.51. The van der Waals surface area contributed by atoms with Crippen LogP contribution in [0, 0.1) is 5.13 Å². The molecule has 0 amide bonds. The number of thiophene rings is 1. The average Bonchev–Trinajstić information content (AvgIpc) is 2.56. The molecule has 2 rings (SSSR count). The predicted molar refractivity (Wildman–Crippen MR) is 61.0 cm³/mol. The van der Waals surface area contributed by atoms with E-state index in [1.165, 1.54) is 6.07 Å². The summed E-state index contributed by atoms with van der Waals surface area (Å²) in [6.45, 7) is 0. The van der Waals surface area contributed by atoms with Crippen LogP contribution in [0.1, 0.15) is 5.56 Å². The molecule has 1 nitrogen and oxygen atoms in total. The Hall–Kier alpha value is -0.610. The van der Waals surface area contributed by atoms with E-state index in [0.29, 0.717) is 5.33 Å². The topological polar surface area (TPSA) is 9.23 Å². The molecule has 0 radical (unpaired) electrons. The number of benzene rings is 1. The van der Waals surface area contributed by atoms with Crippen molar-refractivity contribution in [2.75, 3.05) is 7.11 Å². The Morgan fingerprint density at radius 1 is 1.50 bits per heavy atom. The van der Waals surface area contributed by atoms with Crippen molar-refractivity contribution >= 4 is 37.4 Å². The fourth-order valence-corrected chi connectivity index (χ4v) is 2.67. The van der Waals surface area contributed by atoms with Crippen molar-refractivity contribution in [3.05, 3.63) is 28.9 Å². The second kappa shape index (κ2) is 3.87. The van der Waals surface area contributed by atoms with Crippen LogP contribution in [0.5, 0.6) is 5.75 Å². The van der Waals surface area contributed by atoms with E-state index in [1.807, 2.05) is 12.1 Å². The molecule has 14 heavy (non-hydrogen) atoms. The lowest BCUT2D eigenvalue weighted by atomic mass is 10.1. The molecule has 0 aliphatic carbocycles. The molecule has 0 atom stereocenters. The van der Waals surface area contributed by atoms with E-state index in [4.69, 9.17) is 4.74 Å². The number of ether oxygens (including phenoxy) is 1. The van der Waals surface area contributed by atoms with Crippen LogP contribution < -0.4 is 4.74 Å². The Morgan fingerprint density at radius 2 is 2.29 bits per heavy atom. The van der Waals surface area contributed by atoms with Crippen LogP contribution in [0.2, 0.25) is 0 Å². The highest BCUT2D eigenvalue weighted by Crippen LogP contribution is 2.35. The first-order valence-corrected chi connectivity index (χ1v) is 6.01. The van der Waals surface area contributed by atoms with Crippen molar-refractivity contribution in [2.45, 2.75) is 5.33 Å². The number of hydrogen-bond donors (Lipinski definition) is 0. The van der Waals surface area contributed by atoms with Crippen molar-refractivity contribution in [1.29, 1.82) is 0 Å². The van der Waals surface area contributed by atoms with Gasteiger partial charge in [0.05, 0.1) is 7.11 Å². The van der Waals surface area contributed by atoms with Crippen LogP contribution in [0.15, 0.2) is 18.2 Å². The molecule has 0 N–H and O–H groups in total. The minimum Gasteiger partial charge on any atom is -0.496 e. The second-order valence-corrected chi connectivity index (χ2v) is 4.45. The van der Waals surface area contributed by atoms with Crippen LogP contribution in [0.3, 0.4) is 0 Å². The molecule has 4 heteroatoms. The van der Waals surface area contributed by atoms with E-state index in [0.717, 1.165) is 32.7 Å². The van der Waals surface area contributed by atoms with E-state index in [2.05, 4.69) is 15.9 Å². The highest BCUT2D eigenvalue weighted by molar-refractivity contribution is 9.08. The second-order valence-electron chi connectivity index (χ2n) is 2.85. The summed E-state index contributed by atoms with van der Waals surface area (Å²) in [6.07, 6.45) is 0. The summed E-state index contributed by atoms with van der Waals surface area (Å²) >= 11 is 4.51. The van der Waals surface area contributed by atoms with Gasteiger partial charge in [-0.1, -0.05) is 22.0 Å². The van der Waals surface area contributed by atoms with Gasteiger partial charge in [0.2, 0.25) is 0 Å². The van der Waals surface area contributed by atoms with E-state index in [9.17, 15) is 4.39 Å². The molecule has 0 spiro atoms. The Labute approximate surface area is 93.6 Å². The van der Waals surface area contributed by atoms with E-state index in [-0.39, 0.29) is 5.13 Å². The van der Waals surface area contributed by atoms with Gasteiger partial charge in [0.15, 0.2) is 5.13 Å². The van der Waals surface area contributed by atoms with Crippen LogP contribution in [0.4, 0.5) is 4.39 Å². The standard InChI is InChI=1S/C10H8BrFOS/c1-13-10-6(5-11)2-3-8-7(10)4-9(12)14-8/h2-4H,5H2,1H3. The predicted octanol–water partition coefficient (Wildman–Crippen LogP) is 3.94. The van der Waals surface area contributed by atoms with Crippen LogP contribution >= 0.6 is 27.3 Å². The number of hydrogen-bond acceptors (Lipinski definition) is 2. The molecule has 0 unspecified atom stereocenters. The van der Waals surface area contributed by atoms with Gasteiger partial charge in [0.1, 0.15) is 5.75 Å². The third-order valence-electron chi connectivity index (χ3n) is 2.05. The van der Waals surface area contributed by atoms with Gasteiger partial charge in [-0.15, -0.1) is 11.3 Å². The van der Waals surface area contributed by atoms with Crippen molar-refractivity contribution in [2.24, 2.45) is 0 Å². The Balaban J connectivity index is 2.75. The first kappa shape index (κ1) is 9.93. The van der Waals surface area contributed by atoms with Gasteiger partial charge in [0, 0.05) is 21.0 Å². The molecule has 0 saturated heterocycles. The van der Waals surface area contributed by atoms with E-state index in [1.54, 1.807) is 7.11 Å². The highest BCUT2D eigenvalue weighted by Gasteiger charge is 2.10. The Kier molecular flexibility index (Phi) is 2.74. The number of fused-ring (bicyclic) bond motifs is 1. The molecule has 1 aromatic heterocycles. The van der Waals surface area contributed by atoms with Gasteiger partial charge < -0.3 is 4.74 Å². The molecule has 0 saturated carbocycles. The molecule has 1 heterocycles. The first-order valence-electron chi connectivity index (χ1n) is 4.07.